The first-order valence-corrected chi connectivity index (χ1v) is 12.8. The van der Waals surface area contributed by atoms with Gasteiger partial charge in [-0.1, -0.05) is 48.3 Å². The quantitative estimate of drug-likeness (QED) is 0.263. The van der Waals surface area contributed by atoms with Gasteiger partial charge in [-0.15, -0.1) is 0 Å². The van der Waals surface area contributed by atoms with Crippen molar-refractivity contribution in [1.82, 2.24) is 0 Å². The summed E-state index contributed by atoms with van der Waals surface area (Å²) in [7, 11) is 0. The van der Waals surface area contributed by atoms with E-state index < -0.39 is 17.7 Å². The number of carbonyl (C=O) groups excluding carboxylic acids is 3. The van der Waals surface area contributed by atoms with E-state index in [0.29, 0.717) is 39.4 Å². The van der Waals surface area contributed by atoms with Gasteiger partial charge < -0.3 is 0 Å². The van der Waals surface area contributed by atoms with Crippen molar-refractivity contribution in [3.05, 3.63) is 75.5 Å². The van der Waals surface area contributed by atoms with Crippen LogP contribution in [0.2, 0.25) is 10.0 Å². The van der Waals surface area contributed by atoms with E-state index in [1.807, 2.05) is 0 Å². The molecule has 0 aromatic heterocycles. The Morgan fingerprint density at radius 3 is 2.49 bits per heavy atom. The van der Waals surface area contributed by atoms with E-state index in [-0.39, 0.29) is 41.0 Å². The molecule has 6 rings (SSSR count). The fraction of sp³-hybridized carbons (Fsp3) is 0.393. The standard InChI is InChI=1S/C28H24Cl2FNO3/c1-13-25(19-4-2-3-14-9-20(14)19)28(35)32(27(13)34)24-6-5-15(10-23(24)31)21-12-22(21)26(33)16-7-17(29)11-18(30)8-16/h2,4-8,10-11,13-14,19-22,25H,3,9,12H2,1H3/t13?,14-,19+,20?,21?,22?,25?/m0/s1. The molecule has 0 spiro atoms. The second kappa shape index (κ2) is 8.28. The Hall–Kier alpha value is -2.50. The van der Waals surface area contributed by atoms with Crippen LogP contribution < -0.4 is 4.90 Å². The van der Waals surface area contributed by atoms with Gasteiger partial charge in [-0.05, 0) is 78.8 Å². The summed E-state index contributed by atoms with van der Waals surface area (Å²) in [4.78, 5) is 40.4. The summed E-state index contributed by atoms with van der Waals surface area (Å²) < 4.78 is 15.3. The van der Waals surface area contributed by atoms with Crippen LogP contribution >= 0.6 is 23.2 Å². The van der Waals surface area contributed by atoms with Crippen LogP contribution in [0, 0.1) is 41.3 Å². The van der Waals surface area contributed by atoms with Crippen molar-refractivity contribution in [3.8, 4) is 0 Å². The van der Waals surface area contributed by atoms with Crippen LogP contribution in [-0.2, 0) is 9.59 Å². The maximum Gasteiger partial charge on any atom is 0.238 e. The number of ketones is 1. The van der Waals surface area contributed by atoms with Crippen molar-refractivity contribution in [3.63, 3.8) is 0 Å². The Morgan fingerprint density at radius 1 is 1.03 bits per heavy atom. The number of allylic oxidation sites excluding steroid dienone is 2. The monoisotopic (exact) mass is 511 g/mol. The molecule has 4 nitrogen and oxygen atoms in total. The third kappa shape index (κ3) is 3.84. The predicted octanol–water partition coefficient (Wildman–Crippen LogP) is 6.46. The van der Waals surface area contributed by atoms with E-state index in [4.69, 9.17) is 23.2 Å². The Balaban J connectivity index is 1.21. The Bertz CT molecular complexity index is 1290. The molecule has 3 fully saturated rings. The first-order valence-electron chi connectivity index (χ1n) is 12.1. The molecular formula is C28H24Cl2FNO3. The average molecular weight is 512 g/mol. The van der Waals surface area contributed by atoms with Crippen molar-refractivity contribution in [2.45, 2.75) is 32.1 Å². The number of hydrogen-bond acceptors (Lipinski definition) is 3. The van der Waals surface area contributed by atoms with Gasteiger partial charge in [0.2, 0.25) is 11.8 Å². The number of halogens is 3. The van der Waals surface area contributed by atoms with Gasteiger partial charge in [0.05, 0.1) is 11.6 Å². The third-order valence-electron chi connectivity index (χ3n) is 8.25. The maximum atomic E-state index is 15.3. The lowest BCUT2D eigenvalue weighted by Crippen LogP contribution is -2.33. The van der Waals surface area contributed by atoms with Gasteiger partial charge in [-0.25, -0.2) is 9.29 Å². The Labute approximate surface area is 213 Å². The van der Waals surface area contributed by atoms with Crippen molar-refractivity contribution in [1.29, 1.82) is 0 Å². The molecule has 7 atom stereocenters. The lowest BCUT2D eigenvalue weighted by molar-refractivity contribution is -0.123. The van der Waals surface area contributed by atoms with Gasteiger partial charge >= 0.3 is 0 Å². The number of fused-ring (bicyclic) bond motifs is 1. The first-order chi connectivity index (χ1) is 16.7. The number of nitrogens with zero attached hydrogens (tertiary/aromatic N) is 1. The molecule has 3 aliphatic carbocycles. The summed E-state index contributed by atoms with van der Waals surface area (Å²) in [6.45, 7) is 1.78. The minimum Gasteiger partial charge on any atom is -0.294 e. The molecule has 35 heavy (non-hydrogen) atoms. The zero-order valence-electron chi connectivity index (χ0n) is 19.1. The summed E-state index contributed by atoms with van der Waals surface area (Å²) in [5, 5.41) is 0.781. The number of hydrogen-bond donors (Lipinski definition) is 0. The number of imide groups is 1. The number of amides is 2. The van der Waals surface area contributed by atoms with Gasteiger partial charge in [0.15, 0.2) is 5.78 Å². The summed E-state index contributed by atoms with van der Waals surface area (Å²) in [5.41, 5.74) is 1.11. The van der Waals surface area contributed by atoms with Crippen LogP contribution in [-0.4, -0.2) is 17.6 Å². The molecule has 0 radical (unpaired) electrons. The average Bonchev–Trinajstić information content (AvgIpc) is 3.72. The SMILES string of the molecule is CC1C(=O)N(c2ccc(C3CC3C(=O)c3cc(Cl)cc(Cl)c3)cc2F)C(=O)C1[C@@H]1C=CC[C@H]2CC21. The second-order valence-corrected chi connectivity index (χ2v) is 11.3. The molecule has 2 amide bonds. The highest BCUT2D eigenvalue weighted by Gasteiger charge is 2.55. The molecule has 1 saturated heterocycles. The van der Waals surface area contributed by atoms with Crippen molar-refractivity contribution >= 4 is 46.5 Å². The smallest absolute Gasteiger partial charge is 0.238 e. The summed E-state index contributed by atoms with van der Waals surface area (Å²) in [6.07, 6.45) is 6.93. The minimum absolute atomic E-state index is 0.00427. The lowest BCUT2D eigenvalue weighted by atomic mass is 9.78. The number of Topliss-reactive ketones (excluding diaryl/α,β-unsaturated/α-hetero) is 1. The number of carbonyl (C=O) groups is 3. The highest BCUT2D eigenvalue weighted by molar-refractivity contribution is 6.35. The highest BCUT2D eigenvalue weighted by Crippen LogP contribution is 2.55. The van der Waals surface area contributed by atoms with Gasteiger partial charge in [-0.2, -0.15) is 0 Å². The number of anilines is 1. The molecule has 0 bridgehead atoms. The van der Waals surface area contributed by atoms with Crippen LogP contribution in [0.5, 0.6) is 0 Å². The molecule has 2 aromatic rings. The summed E-state index contributed by atoms with van der Waals surface area (Å²) >= 11 is 12.1. The fourth-order valence-electron chi connectivity index (χ4n) is 6.22. The molecule has 0 N–H and O–H groups in total. The molecule has 1 aliphatic heterocycles. The normalized spacial score (nSPS) is 33.1. The van der Waals surface area contributed by atoms with Crippen molar-refractivity contribution in [2.24, 2.45) is 35.5 Å². The van der Waals surface area contributed by atoms with Crippen LogP contribution in [0.15, 0.2) is 48.6 Å². The number of benzene rings is 2. The summed E-state index contributed by atoms with van der Waals surface area (Å²) in [5.74, 6) is -1.57. The lowest BCUT2D eigenvalue weighted by Gasteiger charge is -2.24. The van der Waals surface area contributed by atoms with Crippen LogP contribution in [0.1, 0.15) is 48.0 Å². The molecule has 180 valence electrons. The van der Waals surface area contributed by atoms with Crippen LogP contribution in [0.3, 0.4) is 0 Å². The van der Waals surface area contributed by atoms with Crippen LogP contribution in [0.25, 0.3) is 0 Å². The van der Waals surface area contributed by atoms with Gasteiger partial charge in [-0.3, -0.25) is 14.4 Å². The Morgan fingerprint density at radius 2 is 1.77 bits per heavy atom. The predicted molar refractivity (Wildman–Crippen MR) is 132 cm³/mol. The topological polar surface area (TPSA) is 54.5 Å². The molecule has 2 saturated carbocycles. The maximum absolute atomic E-state index is 15.3. The van der Waals surface area contributed by atoms with Gasteiger partial charge in [0.25, 0.3) is 0 Å². The van der Waals surface area contributed by atoms with E-state index in [9.17, 15) is 14.4 Å². The largest absolute Gasteiger partial charge is 0.294 e. The molecule has 4 aliphatic rings. The zero-order valence-corrected chi connectivity index (χ0v) is 20.6. The van der Waals surface area contributed by atoms with Gasteiger partial charge in [0.1, 0.15) is 5.82 Å². The number of rotatable bonds is 5. The molecule has 1 heterocycles. The Kier molecular flexibility index (Phi) is 5.42. The minimum atomic E-state index is -0.621. The fourth-order valence-corrected chi connectivity index (χ4v) is 6.74. The summed E-state index contributed by atoms with van der Waals surface area (Å²) in [6, 6.07) is 9.32. The van der Waals surface area contributed by atoms with E-state index in [2.05, 4.69) is 12.2 Å². The second-order valence-electron chi connectivity index (χ2n) is 10.4. The van der Waals surface area contributed by atoms with Crippen LogP contribution in [0.4, 0.5) is 10.1 Å². The van der Waals surface area contributed by atoms with E-state index in [1.165, 1.54) is 12.1 Å². The van der Waals surface area contributed by atoms with E-state index in [0.717, 1.165) is 17.7 Å². The first kappa shape index (κ1) is 22.9. The molecule has 2 aromatic carbocycles. The molecular weight excluding hydrogens is 488 g/mol. The molecule has 5 unspecified atom stereocenters. The zero-order chi connectivity index (χ0) is 24.6. The molecule has 7 heteroatoms. The van der Waals surface area contributed by atoms with E-state index >= 15 is 4.39 Å². The third-order valence-corrected chi connectivity index (χ3v) is 8.69. The van der Waals surface area contributed by atoms with Crippen molar-refractivity contribution in [2.75, 3.05) is 4.90 Å². The van der Waals surface area contributed by atoms with E-state index in [1.54, 1.807) is 31.2 Å². The highest BCUT2D eigenvalue weighted by atomic mass is 35.5. The van der Waals surface area contributed by atoms with Gasteiger partial charge in [0, 0.05) is 27.4 Å². The van der Waals surface area contributed by atoms with Crippen molar-refractivity contribution < 1.29 is 18.8 Å².